The van der Waals surface area contributed by atoms with Crippen LogP contribution in [0.1, 0.15) is 20.8 Å². The van der Waals surface area contributed by atoms with Gasteiger partial charge in [0, 0.05) is 37.6 Å². The number of amides is 1. The van der Waals surface area contributed by atoms with Crippen LogP contribution in [0.2, 0.25) is 0 Å². The first kappa shape index (κ1) is 24.1. The fraction of sp³-hybridized carbons (Fsp3) is 0.480. The molecular weight excluding hydrogens is 372 g/mol. The molecule has 0 unspecified atom stereocenters. The van der Waals surface area contributed by atoms with Gasteiger partial charge in [0.2, 0.25) is 5.91 Å². The maximum atomic E-state index is 13.0. The smallest absolute Gasteiger partial charge is 0.245 e. The normalized spacial score (nSPS) is 14.8. The Balaban J connectivity index is 0.000000396. The van der Waals surface area contributed by atoms with Crippen molar-refractivity contribution in [1.29, 1.82) is 0 Å². The van der Waals surface area contributed by atoms with E-state index in [1.807, 2.05) is 65.6 Å². The zero-order chi connectivity index (χ0) is 21.8. The molecule has 1 saturated heterocycles. The summed E-state index contributed by atoms with van der Waals surface area (Å²) >= 11 is 0. The van der Waals surface area contributed by atoms with Gasteiger partial charge in [-0.3, -0.25) is 14.6 Å². The average molecular weight is 411 g/mol. The summed E-state index contributed by atoms with van der Waals surface area (Å²) in [6.45, 7) is 14.5. The molecule has 1 fully saturated rings. The molecular formula is C25H38N4O. The predicted molar refractivity (Wildman–Crippen MR) is 127 cm³/mol. The summed E-state index contributed by atoms with van der Waals surface area (Å²) in [7, 11) is 2.12. The second kappa shape index (κ2) is 13.2. The van der Waals surface area contributed by atoms with Crippen molar-refractivity contribution in [2.75, 3.05) is 64.3 Å². The van der Waals surface area contributed by atoms with Crippen LogP contribution in [0.5, 0.6) is 0 Å². The molecule has 0 spiro atoms. The molecule has 0 radical (unpaired) electrons. The third-order valence-corrected chi connectivity index (χ3v) is 5.57. The van der Waals surface area contributed by atoms with E-state index in [1.165, 1.54) is 19.6 Å². The van der Waals surface area contributed by atoms with Crippen LogP contribution >= 0.6 is 0 Å². The van der Waals surface area contributed by atoms with Gasteiger partial charge in [0.15, 0.2) is 0 Å². The number of rotatable bonds is 7. The van der Waals surface area contributed by atoms with E-state index in [0.29, 0.717) is 6.54 Å². The molecule has 1 heterocycles. The number of hydrogen-bond acceptors (Lipinski definition) is 4. The van der Waals surface area contributed by atoms with Crippen LogP contribution in [0.25, 0.3) is 0 Å². The van der Waals surface area contributed by atoms with Crippen molar-refractivity contribution in [1.82, 2.24) is 14.7 Å². The summed E-state index contributed by atoms with van der Waals surface area (Å²) < 4.78 is 0. The summed E-state index contributed by atoms with van der Waals surface area (Å²) in [6.07, 6.45) is 0. The van der Waals surface area contributed by atoms with Crippen LogP contribution < -0.4 is 4.90 Å². The molecule has 1 amide bonds. The van der Waals surface area contributed by atoms with Crippen molar-refractivity contribution in [2.45, 2.75) is 20.8 Å². The molecule has 0 aliphatic carbocycles. The lowest BCUT2D eigenvalue weighted by Gasteiger charge is -2.33. The van der Waals surface area contributed by atoms with Crippen LogP contribution in [-0.2, 0) is 4.79 Å². The van der Waals surface area contributed by atoms with Gasteiger partial charge in [-0.05, 0) is 50.9 Å². The highest BCUT2D eigenvalue weighted by Gasteiger charge is 2.22. The zero-order valence-corrected chi connectivity index (χ0v) is 19.1. The minimum Gasteiger partial charge on any atom is -0.304 e. The number of hydrogen-bond donors (Lipinski definition) is 0. The van der Waals surface area contributed by atoms with Gasteiger partial charge in [0.05, 0.1) is 6.54 Å². The minimum atomic E-state index is 0.118. The van der Waals surface area contributed by atoms with E-state index in [-0.39, 0.29) is 5.91 Å². The lowest BCUT2D eigenvalue weighted by Crippen LogP contribution is -2.48. The molecule has 2 aromatic rings. The monoisotopic (exact) mass is 410 g/mol. The average Bonchev–Trinajstić information content (AvgIpc) is 2.79. The molecule has 5 nitrogen and oxygen atoms in total. The topological polar surface area (TPSA) is 30.0 Å². The third kappa shape index (κ3) is 7.56. The van der Waals surface area contributed by atoms with Crippen LogP contribution in [0, 0.1) is 0 Å². The first-order valence-corrected chi connectivity index (χ1v) is 11.1. The Hall–Kier alpha value is -2.21. The van der Waals surface area contributed by atoms with Gasteiger partial charge in [-0.25, -0.2) is 0 Å². The van der Waals surface area contributed by atoms with E-state index in [1.54, 1.807) is 0 Å². The van der Waals surface area contributed by atoms with E-state index in [9.17, 15) is 4.79 Å². The van der Waals surface area contributed by atoms with E-state index in [2.05, 4.69) is 42.5 Å². The molecule has 0 atom stereocenters. The molecule has 3 rings (SSSR count). The molecule has 1 aliphatic rings. The number of carbonyl (C=O) groups excluding carboxylic acids is 1. The van der Waals surface area contributed by atoms with E-state index < -0.39 is 0 Å². The predicted octanol–water partition coefficient (Wildman–Crippen LogP) is 3.95. The highest BCUT2D eigenvalue weighted by Crippen LogP contribution is 2.25. The van der Waals surface area contributed by atoms with Gasteiger partial charge < -0.3 is 9.80 Å². The largest absolute Gasteiger partial charge is 0.304 e. The van der Waals surface area contributed by atoms with Crippen molar-refractivity contribution in [3.05, 3.63) is 60.7 Å². The van der Waals surface area contributed by atoms with Crippen LogP contribution in [0.15, 0.2) is 60.7 Å². The Morgan fingerprint density at radius 1 is 0.767 bits per heavy atom. The van der Waals surface area contributed by atoms with Crippen molar-refractivity contribution in [2.24, 2.45) is 0 Å². The lowest BCUT2D eigenvalue weighted by molar-refractivity contribution is -0.119. The second-order valence-corrected chi connectivity index (χ2v) is 7.60. The first-order chi connectivity index (χ1) is 14.6. The van der Waals surface area contributed by atoms with Crippen molar-refractivity contribution >= 4 is 17.3 Å². The highest BCUT2D eigenvalue weighted by molar-refractivity contribution is 6.01. The number of anilines is 2. The Kier molecular flexibility index (Phi) is 10.6. The Morgan fingerprint density at radius 3 is 1.57 bits per heavy atom. The van der Waals surface area contributed by atoms with E-state index in [0.717, 1.165) is 37.6 Å². The summed E-state index contributed by atoms with van der Waals surface area (Å²) in [5, 5.41) is 0. The quantitative estimate of drug-likeness (QED) is 0.691. The fourth-order valence-corrected chi connectivity index (χ4v) is 3.53. The molecule has 0 N–H and O–H groups in total. The number of carbonyl (C=O) groups is 1. The van der Waals surface area contributed by atoms with E-state index in [4.69, 9.17) is 0 Å². The minimum absolute atomic E-state index is 0.118. The summed E-state index contributed by atoms with van der Waals surface area (Å²) in [5.41, 5.74) is 1.83. The highest BCUT2D eigenvalue weighted by atomic mass is 16.2. The van der Waals surface area contributed by atoms with Gasteiger partial charge in [-0.1, -0.05) is 57.2 Å². The fourth-order valence-electron chi connectivity index (χ4n) is 3.53. The van der Waals surface area contributed by atoms with Crippen LogP contribution in [-0.4, -0.2) is 80.0 Å². The maximum Gasteiger partial charge on any atom is 0.245 e. The van der Waals surface area contributed by atoms with E-state index >= 15 is 0 Å². The summed E-state index contributed by atoms with van der Waals surface area (Å²) in [5.74, 6) is 0.118. The van der Waals surface area contributed by atoms with Crippen molar-refractivity contribution in [3.63, 3.8) is 0 Å². The van der Waals surface area contributed by atoms with Gasteiger partial charge in [0.25, 0.3) is 0 Å². The standard InChI is InChI=1S/C19H23N3O.C6H15N/c1-20-12-14-21(15-13-20)16-19(23)22(17-8-4-2-5-9-17)18-10-6-3-7-11-18;1-4-7(5-2)6-3/h2-11H,12-16H2,1H3;4-6H2,1-3H3. The summed E-state index contributed by atoms with van der Waals surface area (Å²) in [6, 6.07) is 19.7. The molecule has 0 bridgehead atoms. The van der Waals surface area contributed by atoms with Crippen molar-refractivity contribution < 1.29 is 4.79 Å². The van der Waals surface area contributed by atoms with Crippen LogP contribution in [0.3, 0.4) is 0 Å². The lowest BCUT2D eigenvalue weighted by atomic mass is 10.2. The molecule has 164 valence electrons. The number of nitrogens with zero attached hydrogens (tertiary/aromatic N) is 4. The zero-order valence-electron chi connectivity index (χ0n) is 19.1. The Morgan fingerprint density at radius 2 is 1.20 bits per heavy atom. The molecule has 2 aromatic carbocycles. The Bertz CT molecular complexity index is 665. The number of likely N-dealkylation sites (N-methyl/N-ethyl adjacent to an activating group) is 1. The Labute approximate surface area is 182 Å². The second-order valence-electron chi connectivity index (χ2n) is 7.60. The van der Waals surface area contributed by atoms with Crippen molar-refractivity contribution in [3.8, 4) is 0 Å². The molecule has 0 aromatic heterocycles. The third-order valence-electron chi connectivity index (χ3n) is 5.57. The summed E-state index contributed by atoms with van der Waals surface area (Å²) in [4.78, 5) is 21.7. The van der Waals surface area contributed by atoms with Gasteiger partial charge in [0.1, 0.15) is 0 Å². The maximum absolute atomic E-state index is 13.0. The molecule has 1 aliphatic heterocycles. The van der Waals surface area contributed by atoms with Gasteiger partial charge in [-0.2, -0.15) is 0 Å². The number of piperazine rings is 1. The number of benzene rings is 2. The van der Waals surface area contributed by atoms with Gasteiger partial charge >= 0.3 is 0 Å². The molecule has 30 heavy (non-hydrogen) atoms. The molecule has 0 saturated carbocycles. The molecule has 5 heteroatoms. The van der Waals surface area contributed by atoms with Gasteiger partial charge in [-0.15, -0.1) is 0 Å². The number of para-hydroxylation sites is 2. The first-order valence-electron chi connectivity index (χ1n) is 11.1. The van der Waals surface area contributed by atoms with Crippen LogP contribution in [0.4, 0.5) is 11.4 Å². The SMILES string of the molecule is CCN(CC)CC.CN1CCN(CC(=O)N(c2ccccc2)c2ccccc2)CC1.